The molecule has 3 N–H and O–H groups in total. The van der Waals surface area contributed by atoms with Crippen molar-refractivity contribution < 1.29 is 0 Å². The van der Waals surface area contributed by atoms with E-state index in [0.29, 0.717) is 11.5 Å². The number of benzene rings is 1. The number of aromatic nitrogens is 2. The summed E-state index contributed by atoms with van der Waals surface area (Å²) >= 11 is 5.85. The Hall–Kier alpha value is -2.14. The van der Waals surface area contributed by atoms with Crippen LogP contribution in [0.25, 0.3) is 0 Å². The molecule has 0 amide bonds. The van der Waals surface area contributed by atoms with Crippen LogP contribution in [0.5, 0.6) is 0 Å². The molecule has 0 bridgehead atoms. The first-order valence-electron chi connectivity index (χ1n) is 5.29. The number of nitrogens with one attached hydrogen (secondary N) is 1. The van der Waals surface area contributed by atoms with Gasteiger partial charge in [-0.2, -0.15) is 5.10 Å². The van der Waals surface area contributed by atoms with Crippen LogP contribution in [-0.4, -0.2) is 15.7 Å². The minimum absolute atomic E-state index is 0.279. The molecule has 1 aromatic heterocycles. The zero-order valence-corrected chi connectivity index (χ0v) is 10.5. The number of hydrogen-bond acceptors (Lipinski definition) is 5. The topological polar surface area (TPSA) is 76.2 Å². The maximum Gasteiger partial charge on any atom is 0.184 e. The summed E-state index contributed by atoms with van der Waals surface area (Å²) in [7, 11) is 0. The Kier molecular flexibility index (Phi) is 3.74. The molecule has 92 valence electrons. The van der Waals surface area contributed by atoms with Gasteiger partial charge < -0.3 is 5.73 Å². The molecule has 0 spiro atoms. The molecule has 0 saturated carbocycles. The molecule has 0 aliphatic carbocycles. The molecule has 2 aromatic rings. The van der Waals surface area contributed by atoms with Crippen LogP contribution in [0.2, 0.25) is 5.15 Å². The van der Waals surface area contributed by atoms with E-state index in [2.05, 4.69) is 20.5 Å². The highest BCUT2D eigenvalue weighted by atomic mass is 35.5. The van der Waals surface area contributed by atoms with Crippen molar-refractivity contribution in [1.29, 1.82) is 0 Å². The van der Waals surface area contributed by atoms with Crippen LogP contribution in [0.1, 0.15) is 12.5 Å². The average Bonchev–Trinajstić information content (AvgIpc) is 2.37. The van der Waals surface area contributed by atoms with Crippen LogP contribution >= 0.6 is 11.6 Å². The summed E-state index contributed by atoms with van der Waals surface area (Å²) in [5, 5.41) is 4.47. The van der Waals surface area contributed by atoms with E-state index in [0.717, 1.165) is 11.3 Å². The number of nitrogens with zero attached hydrogens (tertiary/aromatic N) is 3. The Balaban J connectivity index is 2.17. The van der Waals surface area contributed by atoms with Crippen molar-refractivity contribution >= 4 is 28.8 Å². The Labute approximate surface area is 110 Å². The van der Waals surface area contributed by atoms with E-state index in [9.17, 15) is 0 Å². The molecule has 18 heavy (non-hydrogen) atoms. The number of nitrogens with two attached hydrogens (primary N) is 1. The van der Waals surface area contributed by atoms with Crippen LogP contribution in [-0.2, 0) is 0 Å². The van der Waals surface area contributed by atoms with Gasteiger partial charge in [0.2, 0.25) is 0 Å². The Morgan fingerprint density at radius 1 is 1.33 bits per heavy atom. The second-order valence-corrected chi connectivity index (χ2v) is 3.99. The molecule has 5 nitrogen and oxygen atoms in total. The number of nitrogen functional groups attached to an aromatic ring is 1. The standard InChI is InChI=1S/C12H12ClN5/c1-8(9-3-2-4-10(14)7-9)17-18-12-11(13)15-5-6-16-12/h2-7H,14H2,1H3,(H,16,18)/b17-8-. The first kappa shape index (κ1) is 12.3. The molecule has 0 fully saturated rings. The van der Waals surface area contributed by atoms with Gasteiger partial charge in [0.25, 0.3) is 0 Å². The van der Waals surface area contributed by atoms with E-state index in [-0.39, 0.29) is 5.15 Å². The van der Waals surface area contributed by atoms with E-state index in [1.165, 1.54) is 6.20 Å². The molecule has 0 aliphatic heterocycles. The summed E-state index contributed by atoms with van der Waals surface area (Å²) in [6.07, 6.45) is 3.06. The SMILES string of the molecule is C/C(=N/Nc1nccnc1Cl)c1cccc(N)c1. The van der Waals surface area contributed by atoms with E-state index in [4.69, 9.17) is 17.3 Å². The highest BCUT2D eigenvalue weighted by molar-refractivity contribution is 6.31. The second kappa shape index (κ2) is 5.46. The normalized spacial score (nSPS) is 11.3. The Morgan fingerprint density at radius 2 is 2.11 bits per heavy atom. The average molecular weight is 262 g/mol. The molecule has 0 atom stereocenters. The van der Waals surface area contributed by atoms with Gasteiger partial charge in [-0.1, -0.05) is 23.7 Å². The van der Waals surface area contributed by atoms with Gasteiger partial charge in [0.15, 0.2) is 11.0 Å². The predicted octanol–water partition coefficient (Wildman–Crippen LogP) is 2.55. The van der Waals surface area contributed by atoms with Gasteiger partial charge in [-0.25, -0.2) is 9.97 Å². The maximum absolute atomic E-state index is 5.85. The van der Waals surface area contributed by atoms with E-state index in [1.54, 1.807) is 6.20 Å². The lowest BCUT2D eigenvalue weighted by Gasteiger charge is -2.04. The fraction of sp³-hybridized carbons (Fsp3) is 0.0833. The third-order valence-corrected chi connectivity index (χ3v) is 2.56. The molecule has 0 radical (unpaired) electrons. The Morgan fingerprint density at radius 3 is 2.83 bits per heavy atom. The molecule has 6 heteroatoms. The van der Waals surface area contributed by atoms with Gasteiger partial charge in [-0.3, -0.25) is 5.43 Å². The zero-order chi connectivity index (χ0) is 13.0. The summed E-state index contributed by atoms with van der Waals surface area (Å²) in [5.74, 6) is 0.419. The number of anilines is 2. The maximum atomic E-state index is 5.85. The number of hydrogen-bond donors (Lipinski definition) is 2. The lowest BCUT2D eigenvalue weighted by molar-refractivity contribution is 1.15. The fourth-order valence-electron chi connectivity index (χ4n) is 1.36. The molecule has 0 saturated heterocycles. The number of hydrazone groups is 1. The van der Waals surface area contributed by atoms with Gasteiger partial charge in [-0.05, 0) is 24.6 Å². The van der Waals surface area contributed by atoms with Crippen molar-refractivity contribution in [3.8, 4) is 0 Å². The molecular formula is C12H12ClN5. The van der Waals surface area contributed by atoms with Gasteiger partial charge in [0.05, 0.1) is 5.71 Å². The lowest BCUT2D eigenvalue weighted by atomic mass is 10.1. The third kappa shape index (κ3) is 2.95. The fourth-order valence-corrected chi connectivity index (χ4v) is 1.51. The van der Waals surface area contributed by atoms with Gasteiger partial charge >= 0.3 is 0 Å². The van der Waals surface area contributed by atoms with Crippen molar-refractivity contribution in [1.82, 2.24) is 9.97 Å². The lowest BCUT2D eigenvalue weighted by Crippen LogP contribution is -2.02. The first-order chi connectivity index (χ1) is 8.66. The van der Waals surface area contributed by atoms with Gasteiger partial charge in [0.1, 0.15) is 0 Å². The quantitative estimate of drug-likeness (QED) is 0.506. The van der Waals surface area contributed by atoms with Crippen LogP contribution in [0.15, 0.2) is 41.8 Å². The predicted molar refractivity (Wildman–Crippen MR) is 73.7 cm³/mol. The summed E-state index contributed by atoms with van der Waals surface area (Å²) < 4.78 is 0. The zero-order valence-electron chi connectivity index (χ0n) is 9.76. The van der Waals surface area contributed by atoms with Crippen molar-refractivity contribution in [3.05, 3.63) is 47.4 Å². The monoisotopic (exact) mass is 261 g/mol. The first-order valence-corrected chi connectivity index (χ1v) is 5.67. The van der Waals surface area contributed by atoms with Crippen LogP contribution in [0.4, 0.5) is 11.5 Å². The third-order valence-electron chi connectivity index (χ3n) is 2.29. The molecule has 1 heterocycles. The highest BCUT2D eigenvalue weighted by Crippen LogP contribution is 2.14. The van der Waals surface area contributed by atoms with Crippen molar-refractivity contribution in [2.24, 2.45) is 5.10 Å². The molecule has 0 unspecified atom stereocenters. The molecular weight excluding hydrogens is 250 g/mol. The Bertz CT molecular complexity index is 582. The minimum Gasteiger partial charge on any atom is -0.399 e. The summed E-state index contributed by atoms with van der Waals surface area (Å²) in [6, 6.07) is 7.47. The largest absolute Gasteiger partial charge is 0.399 e. The van der Waals surface area contributed by atoms with Crippen LogP contribution in [0.3, 0.4) is 0 Å². The minimum atomic E-state index is 0.279. The smallest absolute Gasteiger partial charge is 0.184 e. The molecule has 1 aromatic carbocycles. The summed E-state index contributed by atoms with van der Waals surface area (Å²) in [6.45, 7) is 1.87. The highest BCUT2D eigenvalue weighted by Gasteiger charge is 2.01. The second-order valence-electron chi connectivity index (χ2n) is 3.63. The van der Waals surface area contributed by atoms with E-state index < -0.39 is 0 Å². The van der Waals surface area contributed by atoms with Crippen molar-refractivity contribution in [2.75, 3.05) is 11.2 Å². The van der Waals surface area contributed by atoms with E-state index >= 15 is 0 Å². The molecule has 0 aliphatic rings. The summed E-state index contributed by atoms with van der Waals surface area (Å²) in [4.78, 5) is 7.92. The summed E-state index contributed by atoms with van der Waals surface area (Å²) in [5.41, 5.74) is 10.9. The number of halogens is 1. The van der Waals surface area contributed by atoms with Crippen LogP contribution < -0.4 is 11.2 Å². The van der Waals surface area contributed by atoms with Gasteiger partial charge in [0, 0.05) is 18.1 Å². The van der Waals surface area contributed by atoms with Gasteiger partial charge in [-0.15, -0.1) is 0 Å². The number of rotatable bonds is 3. The van der Waals surface area contributed by atoms with Crippen molar-refractivity contribution in [2.45, 2.75) is 6.92 Å². The van der Waals surface area contributed by atoms with Crippen molar-refractivity contribution in [3.63, 3.8) is 0 Å². The van der Waals surface area contributed by atoms with E-state index in [1.807, 2.05) is 31.2 Å². The molecule has 2 rings (SSSR count). The van der Waals surface area contributed by atoms with Crippen LogP contribution in [0, 0.1) is 0 Å².